The van der Waals surface area contributed by atoms with Crippen LogP contribution in [0.4, 0.5) is 0 Å². The summed E-state index contributed by atoms with van der Waals surface area (Å²) in [6.07, 6.45) is 6.88. The Labute approximate surface area is 145 Å². The number of hydrogen-bond acceptors (Lipinski definition) is 2. The third-order valence-electron chi connectivity index (χ3n) is 4.97. The van der Waals surface area contributed by atoms with Crippen LogP contribution in [0.3, 0.4) is 0 Å². The zero-order chi connectivity index (χ0) is 16.1. The lowest BCUT2D eigenvalue weighted by Gasteiger charge is -2.31. The molecule has 2 nitrogen and oxygen atoms in total. The summed E-state index contributed by atoms with van der Waals surface area (Å²) < 4.78 is 3.04. The second-order valence-electron chi connectivity index (χ2n) is 7.03. The van der Waals surface area contributed by atoms with Crippen molar-refractivity contribution in [2.45, 2.75) is 37.6 Å². The average molecular weight is 343 g/mol. The standard InChI is InChI=1S/C19H19ClN2S/c1-18(2)11-19(12-22-10-9-21-13-22,16-7-8-17(20)23-16)15-6-4-3-5-14(15)18/h3-10,13H,11-12H2,1-2H3. The van der Waals surface area contributed by atoms with Crippen LogP contribution in [0.5, 0.6) is 0 Å². The molecule has 2 heterocycles. The number of fused-ring (bicyclic) bond motifs is 1. The normalized spacial score (nSPS) is 22.2. The first kappa shape index (κ1) is 15.0. The van der Waals surface area contributed by atoms with Crippen LogP contribution in [0.2, 0.25) is 4.34 Å². The predicted molar refractivity (Wildman–Crippen MR) is 96.4 cm³/mol. The number of hydrogen-bond donors (Lipinski definition) is 0. The van der Waals surface area contributed by atoms with Crippen LogP contribution < -0.4 is 0 Å². The highest BCUT2D eigenvalue weighted by molar-refractivity contribution is 7.16. The lowest BCUT2D eigenvalue weighted by Crippen LogP contribution is -2.31. The Balaban J connectivity index is 1.94. The maximum Gasteiger partial charge on any atom is 0.0946 e. The lowest BCUT2D eigenvalue weighted by molar-refractivity contribution is 0.363. The predicted octanol–water partition coefficient (Wildman–Crippen LogP) is 5.27. The average Bonchev–Trinajstić information content (AvgIpc) is 3.21. The van der Waals surface area contributed by atoms with E-state index in [9.17, 15) is 0 Å². The highest BCUT2D eigenvalue weighted by Crippen LogP contribution is 2.55. The van der Waals surface area contributed by atoms with Gasteiger partial charge in [0.1, 0.15) is 0 Å². The Kier molecular flexibility index (Phi) is 3.40. The molecule has 0 radical (unpaired) electrons. The Morgan fingerprint density at radius 1 is 1.17 bits per heavy atom. The van der Waals surface area contributed by atoms with Crippen LogP contribution >= 0.6 is 22.9 Å². The van der Waals surface area contributed by atoms with E-state index in [4.69, 9.17) is 11.6 Å². The van der Waals surface area contributed by atoms with Crippen molar-refractivity contribution < 1.29 is 0 Å². The van der Waals surface area contributed by atoms with Crippen LogP contribution in [-0.4, -0.2) is 9.55 Å². The fourth-order valence-corrected chi connectivity index (χ4v) is 5.37. The van der Waals surface area contributed by atoms with Gasteiger partial charge >= 0.3 is 0 Å². The van der Waals surface area contributed by atoms with E-state index in [0.717, 1.165) is 17.3 Å². The number of nitrogens with zero attached hydrogens (tertiary/aromatic N) is 2. The summed E-state index contributed by atoms with van der Waals surface area (Å²) in [6.45, 7) is 5.58. The first-order chi connectivity index (χ1) is 11.0. The van der Waals surface area contributed by atoms with Crippen molar-refractivity contribution in [3.8, 4) is 0 Å². The van der Waals surface area contributed by atoms with Gasteiger partial charge in [0.15, 0.2) is 0 Å². The molecule has 23 heavy (non-hydrogen) atoms. The molecule has 3 aromatic rings. The van der Waals surface area contributed by atoms with E-state index < -0.39 is 0 Å². The molecular weight excluding hydrogens is 324 g/mol. The van der Waals surface area contributed by atoms with Gasteiger partial charge in [0.2, 0.25) is 0 Å². The number of aromatic nitrogens is 2. The number of rotatable bonds is 3. The second-order valence-corrected chi connectivity index (χ2v) is 8.74. The Bertz CT molecular complexity index is 835. The zero-order valence-corrected chi connectivity index (χ0v) is 14.9. The molecule has 4 heteroatoms. The van der Waals surface area contributed by atoms with Crippen LogP contribution in [0.1, 0.15) is 36.3 Å². The maximum absolute atomic E-state index is 6.28. The van der Waals surface area contributed by atoms with Gasteiger partial charge in [0.25, 0.3) is 0 Å². The molecule has 0 bridgehead atoms. The first-order valence-electron chi connectivity index (χ1n) is 7.83. The van der Waals surface area contributed by atoms with Crippen LogP contribution in [0.25, 0.3) is 0 Å². The van der Waals surface area contributed by atoms with Crippen molar-refractivity contribution in [1.82, 2.24) is 9.55 Å². The van der Waals surface area contributed by atoms with Gasteiger partial charge in [-0.1, -0.05) is 49.7 Å². The van der Waals surface area contributed by atoms with Crippen molar-refractivity contribution in [3.63, 3.8) is 0 Å². The minimum absolute atomic E-state index is 0.0431. The molecule has 1 aromatic carbocycles. The van der Waals surface area contributed by atoms with Gasteiger partial charge in [-0.2, -0.15) is 0 Å². The summed E-state index contributed by atoms with van der Waals surface area (Å²) in [5.41, 5.74) is 2.98. The SMILES string of the molecule is CC1(C)CC(Cn2ccnc2)(c2ccc(Cl)s2)c2ccccc21. The van der Waals surface area contributed by atoms with Gasteiger partial charge in [-0.15, -0.1) is 11.3 Å². The monoisotopic (exact) mass is 342 g/mol. The largest absolute Gasteiger partial charge is 0.336 e. The van der Waals surface area contributed by atoms with Gasteiger partial charge in [0.05, 0.1) is 10.7 Å². The summed E-state index contributed by atoms with van der Waals surface area (Å²) in [6, 6.07) is 13.1. The third kappa shape index (κ3) is 2.34. The smallest absolute Gasteiger partial charge is 0.0946 e. The highest BCUT2D eigenvalue weighted by atomic mass is 35.5. The molecule has 0 amide bonds. The number of halogens is 1. The molecular formula is C19H19ClN2S. The summed E-state index contributed by atoms with van der Waals surface area (Å²) in [5, 5.41) is 0. The Morgan fingerprint density at radius 2 is 1.96 bits per heavy atom. The van der Waals surface area contributed by atoms with Crippen molar-refractivity contribution in [3.05, 3.63) is 75.5 Å². The quantitative estimate of drug-likeness (QED) is 0.634. The number of thiophene rings is 1. The van der Waals surface area contributed by atoms with E-state index >= 15 is 0 Å². The van der Waals surface area contributed by atoms with Gasteiger partial charge < -0.3 is 4.57 Å². The minimum Gasteiger partial charge on any atom is -0.336 e. The highest BCUT2D eigenvalue weighted by Gasteiger charge is 2.49. The first-order valence-corrected chi connectivity index (χ1v) is 9.02. The number of benzene rings is 1. The van der Waals surface area contributed by atoms with Crippen molar-refractivity contribution in [2.24, 2.45) is 0 Å². The third-order valence-corrected chi connectivity index (χ3v) is 6.41. The minimum atomic E-state index is -0.0431. The molecule has 0 N–H and O–H groups in total. The van der Waals surface area contributed by atoms with Gasteiger partial charge in [-0.25, -0.2) is 4.98 Å². The molecule has 1 aliphatic carbocycles. The molecule has 1 unspecified atom stereocenters. The summed E-state index contributed by atoms with van der Waals surface area (Å²) >= 11 is 7.98. The van der Waals surface area contributed by atoms with E-state index in [1.54, 1.807) is 11.3 Å². The second kappa shape index (κ2) is 5.22. The lowest BCUT2D eigenvalue weighted by atomic mass is 9.77. The molecule has 2 aromatic heterocycles. The molecule has 0 aliphatic heterocycles. The summed E-state index contributed by atoms with van der Waals surface area (Å²) in [5.74, 6) is 0. The van der Waals surface area contributed by atoms with Crippen molar-refractivity contribution in [1.29, 1.82) is 0 Å². The van der Waals surface area contributed by atoms with E-state index in [2.05, 4.69) is 53.7 Å². The topological polar surface area (TPSA) is 17.8 Å². The van der Waals surface area contributed by atoms with E-state index in [0.29, 0.717) is 0 Å². The molecule has 0 fully saturated rings. The van der Waals surface area contributed by atoms with Gasteiger partial charge in [-0.05, 0) is 35.1 Å². The molecule has 0 saturated heterocycles. The Morgan fingerprint density at radius 3 is 2.61 bits per heavy atom. The fourth-order valence-electron chi connectivity index (χ4n) is 4.14. The molecule has 4 rings (SSSR count). The van der Waals surface area contributed by atoms with Crippen molar-refractivity contribution >= 4 is 22.9 Å². The molecule has 0 saturated carbocycles. The summed E-state index contributed by atoms with van der Waals surface area (Å²) in [7, 11) is 0. The fraction of sp³-hybridized carbons (Fsp3) is 0.316. The summed E-state index contributed by atoms with van der Waals surface area (Å²) in [4.78, 5) is 5.57. The maximum atomic E-state index is 6.28. The molecule has 118 valence electrons. The van der Waals surface area contributed by atoms with E-state index in [1.165, 1.54) is 16.0 Å². The van der Waals surface area contributed by atoms with Crippen LogP contribution in [0.15, 0.2) is 55.1 Å². The van der Waals surface area contributed by atoms with Gasteiger partial charge in [0, 0.05) is 29.2 Å². The van der Waals surface area contributed by atoms with E-state index in [-0.39, 0.29) is 10.8 Å². The number of imidazole rings is 1. The molecule has 1 aliphatic rings. The van der Waals surface area contributed by atoms with Crippen LogP contribution in [-0.2, 0) is 17.4 Å². The van der Waals surface area contributed by atoms with Crippen LogP contribution in [0, 0.1) is 0 Å². The molecule has 1 atom stereocenters. The Hall–Kier alpha value is -1.58. The molecule has 0 spiro atoms. The van der Waals surface area contributed by atoms with E-state index in [1.807, 2.05) is 24.8 Å². The zero-order valence-electron chi connectivity index (χ0n) is 13.3. The van der Waals surface area contributed by atoms with Crippen molar-refractivity contribution in [2.75, 3.05) is 0 Å². The van der Waals surface area contributed by atoms with Gasteiger partial charge in [-0.3, -0.25) is 0 Å².